The normalized spacial score (nSPS) is 10.3. The number of hydrogen-bond acceptors (Lipinski definition) is 3. The van der Waals surface area contributed by atoms with Crippen molar-refractivity contribution < 1.29 is 9.53 Å². The second-order valence-electron chi connectivity index (χ2n) is 4.59. The summed E-state index contributed by atoms with van der Waals surface area (Å²) in [4.78, 5) is 11.9. The minimum Gasteiger partial charge on any atom is -0.495 e. The molecular formula is C16H16Cl2N2O2. The average Bonchev–Trinajstić information content (AvgIpc) is 2.49. The molecule has 0 aliphatic carbocycles. The molecule has 2 rings (SSSR count). The smallest absolute Gasteiger partial charge is 0.238 e. The lowest BCUT2D eigenvalue weighted by Gasteiger charge is -2.09. The lowest BCUT2D eigenvalue weighted by atomic mass is 10.2. The Balaban J connectivity index is 1.83. The van der Waals surface area contributed by atoms with E-state index in [0.717, 1.165) is 5.56 Å². The molecular weight excluding hydrogens is 323 g/mol. The number of halogens is 2. The van der Waals surface area contributed by atoms with Crippen LogP contribution in [0.2, 0.25) is 10.0 Å². The standard InChI is InChI=1S/C16H16Cl2N2O2/c1-22-15-7-6-12(8-14(15)18)20-16(21)10-19-9-11-4-2-3-5-13(11)17/h2-8,19H,9-10H2,1H3,(H,20,21). The van der Waals surface area contributed by atoms with E-state index < -0.39 is 0 Å². The van der Waals surface area contributed by atoms with Crippen LogP contribution in [0.1, 0.15) is 5.56 Å². The van der Waals surface area contributed by atoms with Gasteiger partial charge in [0, 0.05) is 17.3 Å². The molecule has 6 heteroatoms. The second kappa shape index (κ2) is 8.03. The van der Waals surface area contributed by atoms with Crippen LogP contribution in [0.25, 0.3) is 0 Å². The number of ether oxygens (including phenoxy) is 1. The van der Waals surface area contributed by atoms with E-state index in [0.29, 0.717) is 28.0 Å². The number of hydrogen-bond donors (Lipinski definition) is 2. The van der Waals surface area contributed by atoms with Crippen molar-refractivity contribution in [3.63, 3.8) is 0 Å². The number of amides is 1. The molecule has 2 aromatic rings. The number of carbonyl (C=O) groups excluding carboxylic acids is 1. The van der Waals surface area contributed by atoms with Crippen molar-refractivity contribution >= 4 is 34.8 Å². The Hall–Kier alpha value is -1.75. The van der Waals surface area contributed by atoms with Gasteiger partial charge in [0.15, 0.2) is 0 Å². The molecule has 0 aliphatic rings. The van der Waals surface area contributed by atoms with Crippen LogP contribution in [0.4, 0.5) is 5.69 Å². The van der Waals surface area contributed by atoms with E-state index in [9.17, 15) is 4.79 Å². The topological polar surface area (TPSA) is 50.4 Å². The van der Waals surface area contributed by atoms with Gasteiger partial charge < -0.3 is 15.4 Å². The minimum absolute atomic E-state index is 0.159. The zero-order valence-corrected chi connectivity index (χ0v) is 13.5. The van der Waals surface area contributed by atoms with Crippen LogP contribution < -0.4 is 15.4 Å². The van der Waals surface area contributed by atoms with Crippen molar-refractivity contribution in [2.75, 3.05) is 19.0 Å². The Kier molecular flexibility index (Phi) is 6.07. The maximum Gasteiger partial charge on any atom is 0.238 e. The number of carbonyl (C=O) groups is 1. The first kappa shape index (κ1) is 16.6. The quantitative estimate of drug-likeness (QED) is 0.843. The second-order valence-corrected chi connectivity index (χ2v) is 5.41. The van der Waals surface area contributed by atoms with Crippen molar-refractivity contribution in [2.45, 2.75) is 6.54 Å². The molecule has 0 aliphatic heterocycles. The third-order valence-corrected chi connectivity index (χ3v) is 3.66. The zero-order chi connectivity index (χ0) is 15.9. The number of nitrogens with one attached hydrogen (secondary N) is 2. The van der Waals surface area contributed by atoms with Crippen LogP contribution in [0.5, 0.6) is 5.75 Å². The first-order valence-corrected chi connectivity index (χ1v) is 7.43. The minimum atomic E-state index is -0.159. The lowest BCUT2D eigenvalue weighted by molar-refractivity contribution is -0.115. The van der Waals surface area contributed by atoms with E-state index >= 15 is 0 Å². The molecule has 0 heterocycles. The SMILES string of the molecule is COc1ccc(NC(=O)CNCc2ccccc2Cl)cc1Cl. The molecule has 0 fully saturated rings. The molecule has 1 amide bonds. The number of benzene rings is 2. The third-order valence-electron chi connectivity index (χ3n) is 2.99. The molecule has 0 atom stereocenters. The van der Waals surface area contributed by atoms with Gasteiger partial charge in [-0.1, -0.05) is 41.4 Å². The van der Waals surface area contributed by atoms with Crippen molar-refractivity contribution in [1.82, 2.24) is 5.32 Å². The summed E-state index contributed by atoms with van der Waals surface area (Å²) >= 11 is 12.1. The predicted octanol–water partition coefficient (Wildman–Crippen LogP) is 3.73. The summed E-state index contributed by atoms with van der Waals surface area (Å²) in [5.74, 6) is 0.407. The highest BCUT2D eigenvalue weighted by Gasteiger charge is 2.06. The average molecular weight is 339 g/mol. The number of methoxy groups -OCH3 is 1. The summed E-state index contributed by atoms with van der Waals surface area (Å²) in [6, 6.07) is 12.6. The van der Waals surface area contributed by atoms with Crippen molar-refractivity contribution in [3.05, 3.63) is 58.1 Å². The van der Waals surface area contributed by atoms with E-state index in [4.69, 9.17) is 27.9 Å². The summed E-state index contributed by atoms with van der Waals surface area (Å²) in [6.07, 6.45) is 0. The van der Waals surface area contributed by atoms with Crippen LogP contribution in [0.15, 0.2) is 42.5 Å². The molecule has 0 radical (unpaired) electrons. The Morgan fingerprint density at radius 3 is 2.59 bits per heavy atom. The van der Waals surface area contributed by atoms with Crippen molar-refractivity contribution in [1.29, 1.82) is 0 Å². The zero-order valence-electron chi connectivity index (χ0n) is 12.0. The van der Waals surface area contributed by atoms with E-state index in [-0.39, 0.29) is 12.5 Å². The third kappa shape index (κ3) is 4.63. The molecule has 0 saturated heterocycles. The van der Waals surface area contributed by atoms with E-state index in [1.807, 2.05) is 24.3 Å². The van der Waals surface area contributed by atoms with Crippen molar-refractivity contribution in [2.24, 2.45) is 0 Å². The highest BCUT2D eigenvalue weighted by molar-refractivity contribution is 6.32. The highest BCUT2D eigenvalue weighted by atomic mass is 35.5. The van der Waals surface area contributed by atoms with Gasteiger partial charge in [0.05, 0.1) is 18.7 Å². The first-order chi connectivity index (χ1) is 10.6. The molecule has 0 spiro atoms. The molecule has 0 saturated carbocycles. The van der Waals surface area contributed by atoms with Gasteiger partial charge in [-0.25, -0.2) is 0 Å². The molecule has 2 aromatic carbocycles. The van der Waals surface area contributed by atoms with Crippen LogP contribution in [0, 0.1) is 0 Å². The van der Waals surface area contributed by atoms with E-state index in [1.54, 1.807) is 18.2 Å². The maximum atomic E-state index is 11.9. The molecule has 0 aromatic heterocycles. The van der Waals surface area contributed by atoms with Gasteiger partial charge in [0.1, 0.15) is 5.75 Å². The van der Waals surface area contributed by atoms with Gasteiger partial charge in [-0.05, 0) is 29.8 Å². The summed E-state index contributed by atoms with van der Waals surface area (Å²) in [5.41, 5.74) is 1.57. The summed E-state index contributed by atoms with van der Waals surface area (Å²) in [6.45, 7) is 0.700. The van der Waals surface area contributed by atoms with Crippen molar-refractivity contribution in [3.8, 4) is 5.75 Å². The Bertz CT molecular complexity index is 662. The van der Waals surface area contributed by atoms with Gasteiger partial charge in [-0.3, -0.25) is 4.79 Å². The number of rotatable bonds is 6. The van der Waals surface area contributed by atoms with Gasteiger partial charge >= 0.3 is 0 Å². The molecule has 0 unspecified atom stereocenters. The monoisotopic (exact) mass is 338 g/mol. The maximum absolute atomic E-state index is 11.9. The van der Waals surface area contributed by atoms with Gasteiger partial charge in [0.25, 0.3) is 0 Å². The van der Waals surface area contributed by atoms with Gasteiger partial charge in [0.2, 0.25) is 5.91 Å². The Labute approximate surface area is 139 Å². The highest BCUT2D eigenvalue weighted by Crippen LogP contribution is 2.27. The van der Waals surface area contributed by atoms with E-state index in [1.165, 1.54) is 7.11 Å². The molecule has 4 nitrogen and oxygen atoms in total. The van der Waals surface area contributed by atoms with Gasteiger partial charge in [-0.15, -0.1) is 0 Å². The molecule has 22 heavy (non-hydrogen) atoms. The largest absolute Gasteiger partial charge is 0.495 e. The number of anilines is 1. The predicted molar refractivity (Wildman–Crippen MR) is 89.8 cm³/mol. The lowest BCUT2D eigenvalue weighted by Crippen LogP contribution is -2.27. The molecule has 0 bridgehead atoms. The first-order valence-electron chi connectivity index (χ1n) is 6.67. The Morgan fingerprint density at radius 2 is 1.91 bits per heavy atom. The van der Waals surface area contributed by atoms with Crippen LogP contribution in [0.3, 0.4) is 0 Å². The van der Waals surface area contributed by atoms with E-state index in [2.05, 4.69) is 10.6 Å². The summed E-state index contributed by atoms with van der Waals surface area (Å²) in [7, 11) is 1.54. The fourth-order valence-corrected chi connectivity index (χ4v) is 2.36. The summed E-state index contributed by atoms with van der Waals surface area (Å²) < 4.78 is 5.06. The molecule has 116 valence electrons. The molecule has 2 N–H and O–H groups in total. The van der Waals surface area contributed by atoms with Crippen LogP contribution >= 0.6 is 23.2 Å². The van der Waals surface area contributed by atoms with Crippen LogP contribution in [-0.4, -0.2) is 19.6 Å². The van der Waals surface area contributed by atoms with Gasteiger partial charge in [-0.2, -0.15) is 0 Å². The van der Waals surface area contributed by atoms with Crippen LogP contribution in [-0.2, 0) is 11.3 Å². The fraction of sp³-hybridized carbons (Fsp3) is 0.188. The fourth-order valence-electron chi connectivity index (χ4n) is 1.90. The Morgan fingerprint density at radius 1 is 1.14 bits per heavy atom. The summed E-state index contributed by atoms with van der Waals surface area (Å²) in [5, 5.41) is 6.93.